The lowest BCUT2D eigenvalue weighted by atomic mass is 10.1. The Labute approximate surface area is 115 Å². The summed E-state index contributed by atoms with van der Waals surface area (Å²) in [6, 6.07) is 7.42. The summed E-state index contributed by atoms with van der Waals surface area (Å²) in [7, 11) is 0. The summed E-state index contributed by atoms with van der Waals surface area (Å²) < 4.78 is 0. The van der Waals surface area contributed by atoms with E-state index in [9.17, 15) is 4.79 Å². The maximum atomic E-state index is 12.0. The maximum absolute atomic E-state index is 12.0. The van der Waals surface area contributed by atoms with Crippen molar-refractivity contribution in [2.75, 3.05) is 5.32 Å². The van der Waals surface area contributed by atoms with Crippen LogP contribution in [0.5, 0.6) is 0 Å². The van der Waals surface area contributed by atoms with Crippen LogP contribution >= 0.6 is 0 Å². The van der Waals surface area contributed by atoms with Gasteiger partial charge in [0.1, 0.15) is 6.04 Å². The first-order valence-electron chi connectivity index (χ1n) is 6.70. The first-order valence-corrected chi connectivity index (χ1v) is 6.70. The lowest BCUT2D eigenvalue weighted by Gasteiger charge is -2.19. The molecular weight excluding hydrogens is 236 g/mol. The van der Waals surface area contributed by atoms with E-state index in [0.717, 1.165) is 24.1 Å². The summed E-state index contributed by atoms with van der Waals surface area (Å²) in [4.78, 5) is 12.0. The SMILES string of the molecule is C#Cc1cccc(NC(C)C(=O)NC(C)CCC)c1. The quantitative estimate of drug-likeness (QED) is 0.770. The van der Waals surface area contributed by atoms with Crippen molar-refractivity contribution in [2.45, 2.75) is 45.7 Å². The van der Waals surface area contributed by atoms with Crippen LogP contribution in [0.2, 0.25) is 0 Å². The van der Waals surface area contributed by atoms with Crippen molar-refractivity contribution in [3.8, 4) is 12.3 Å². The fourth-order valence-corrected chi connectivity index (χ4v) is 1.89. The number of carbonyl (C=O) groups excluding carboxylic acids is 1. The first kappa shape index (κ1) is 15.1. The van der Waals surface area contributed by atoms with E-state index >= 15 is 0 Å². The van der Waals surface area contributed by atoms with Crippen LogP contribution < -0.4 is 10.6 Å². The van der Waals surface area contributed by atoms with Gasteiger partial charge in [-0.1, -0.05) is 25.3 Å². The van der Waals surface area contributed by atoms with Gasteiger partial charge in [0.15, 0.2) is 0 Å². The third kappa shape index (κ3) is 5.05. The molecule has 0 saturated heterocycles. The number of benzene rings is 1. The Hall–Kier alpha value is -1.95. The Kier molecular flexibility index (Phi) is 5.95. The van der Waals surface area contributed by atoms with Crippen LogP contribution in [-0.4, -0.2) is 18.0 Å². The number of hydrogen-bond donors (Lipinski definition) is 2. The minimum Gasteiger partial charge on any atom is -0.374 e. The molecule has 2 atom stereocenters. The van der Waals surface area contributed by atoms with E-state index in [4.69, 9.17) is 6.42 Å². The van der Waals surface area contributed by atoms with Crippen molar-refractivity contribution < 1.29 is 4.79 Å². The van der Waals surface area contributed by atoms with Crippen LogP contribution in [0.4, 0.5) is 5.69 Å². The zero-order valence-corrected chi connectivity index (χ0v) is 11.9. The monoisotopic (exact) mass is 258 g/mol. The second-order valence-corrected chi connectivity index (χ2v) is 4.79. The molecule has 2 unspecified atom stereocenters. The Morgan fingerprint density at radius 2 is 2.16 bits per heavy atom. The molecule has 2 N–H and O–H groups in total. The molecule has 0 aliphatic heterocycles. The van der Waals surface area contributed by atoms with Gasteiger partial charge in [0.2, 0.25) is 5.91 Å². The van der Waals surface area contributed by atoms with Crippen LogP contribution in [0.1, 0.15) is 39.2 Å². The standard InChI is InChI=1S/C16H22N2O/c1-5-8-12(3)17-16(19)13(4)18-15-10-7-9-14(6-2)11-15/h2,7,9-13,18H,5,8H2,1,3-4H3,(H,17,19). The van der Waals surface area contributed by atoms with E-state index in [2.05, 4.69) is 23.5 Å². The van der Waals surface area contributed by atoms with Gasteiger partial charge in [0, 0.05) is 17.3 Å². The third-order valence-corrected chi connectivity index (χ3v) is 2.92. The molecule has 0 radical (unpaired) electrons. The minimum atomic E-state index is -0.285. The smallest absolute Gasteiger partial charge is 0.242 e. The van der Waals surface area contributed by atoms with Crippen molar-refractivity contribution in [2.24, 2.45) is 0 Å². The van der Waals surface area contributed by atoms with Crippen molar-refractivity contribution >= 4 is 11.6 Å². The molecule has 0 fully saturated rings. The predicted molar refractivity (Wildman–Crippen MR) is 80.0 cm³/mol. The number of nitrogens with one attached hydrogen (secondary N) is 2. The molecule has 3 nitrogen and oxygen atoms in total. The number of hydrogen-bond acceptors (Lipinski definition) is 2. The molecule has 102 valence electrons. The van der Waals surface area contributed by atoms with Crippen LogP contribution in [0.3, 0.4) is 0 Å². The lowest BCUT2D eigenvalue weighted by Crippen LogP contribution is -2.42. The van der Waals surface area contributed by atoms with Crippen LogP contribution in [0.15, 0.2) is 24.3 Å². The van der Waals surface area contributed by atoms with Crippen molar-refractivity contribution in [3.05, 3.63) is 29.8 Å². The molecule has 0 bridgehead atoms. The Balaban J connectivity index is 2.56. The molecule has 0 aliphatic carbocycles. The van der Waals surface area contributed by atoms with Crippen LogP contribution in [0.25, 0.3) is 0 Å². The Morgan fingerprint density at radius 1 is 1.42 bits per heavy atom. The summed E-state index contributed by atoms with van der Waals surface area (Å²) >= 11 is 0. The number of amides is 1. The highest BCUT2D eigenvalue weighted by Crippen LogP contribution is 2.11. The lowest BCUT2D eigenvalue weighted by molar-refractivity contribution is -0.122. The summed E-state index contributed by atoms with van der Waals surface area (Å²) in [5.41, 5.74) is 1.67. The molecule has 0 saturated carbocycles. The Bertz CT molecular complexity index is 462. The van der Waals surface area contributed by atoms with Gasteiger partial charge < -0.3 is 10.6 Å². The first-order chi connectivity index (χ1) is 9.06. The molecule has 0 spiro atoms. The van der Waals surface area contributed by atoms with Gasteiger partial charge in [-0.25, -0.2) is 0 Å². The van der Waals surface area contributed by atoms with Crippen molar-refractivity contribution in [1.29, 1.82) is 0 Å². The molecule has 1 amide bonds. The number of carbonyl (C=O) groups is 1. The second kappa shape index (κ2) is 7.48. The van der Waals surface area contributed by atoms with Crippen molar-refractivity contribution in [3.63, 3.8) is 0 Å². The molecule has 1 aromatic carbocycles. The highest BCUT2D eigenvalue weighted by molar-refractivity contribution is 5.84. The minimum absolute atomic E-state index is 0.00654. The zero-order valence-electron chi connectivity index (χ0n) is 11.9. The average Bonchev–Trinajstić information content (AvgIpc) is 2.39. The van der Waals surface area contributed by atoms with E-state index in [0.29, 0.717) is 0 Å². The van der Waals surface area contributed by atoms with E-state index in [-0.39, 0.29) is 18.0 Å². The highest BCUT2D eigenvalue weighted by atomic mass is 16.2. The normalized spacial score (nSPS) is 13.2. The zero-order chi connectivity index (χ0) is 14.3. The summed E-state index contributed by atoms with van der Waals surface area (Å²) in [6.45, 7) is 5.97. The number of rotatable bonds is 6. The molecule has 0 heterocycles. The number of terminal acetylenes is 1. The summed E-state index contributed by atoms with van der Waals surface area (Å²) in [5.74, 6) is 2.58. The molecular formula is C16H22N2O. The molecule has 1 rings (SSSR count). The van der Waals surface area contributed by atoms with Gasteiger partial charge in [-0.05, 0) is 38.5 Å². The topological polar surface area (TPSA) is 41.1 Å². The summed E-state index contributed by atoms with van der Waals surface area (Å²) in [5, 5.41) is 6.14. The molecule has 0 aliphatic rings. The van der Waals surface area contributed by atoms with E-state index in [1.807, 2.05) is 38.1 Å². The Morgan fingerprint density at radius 3 is 2.79 bits per heavy atom. The highest BCUT2D eigenvalue weighted by Gasteiger charge is 2.14. The average molecular weight is 258 g/mol. The van der Waals surface area contributed by atoms with Gasteiger partial charge in [-0.15, -0.1) is 6.42 Å². The van der Waals surface area contributed by atoms with E-state index < -0.39 is 0 Å². The van der Waals surface area contributed by atoms with Gasteiger partial charge in [-0.2, -0.15) is 0 Å². The molecule has 19 heavy (non-hydrogen) atoms. The second-order valence-electron chi connectivity index (χ2n) is 4.79. The van der Waals surface area contributed by atoms with Gasteiger partial charge in [0.25, 0.3) is 0 Å². The fraction of sp³-hybridized carbons (Fsp3) is 0.438. The fourth-order valence-electron chi connectivity index (χ4n) is 1.89. The van der Waals surface area contributed by atoms with E-state index in [1.165, 1.54) is 0 Å². The van der Waals surface area contributed by atoms with Gasteiger partial charge in [-0.3, -0.25) is 4.79 Å². The molecule has 0 aromatic heterocycles. The molecule has 3 heteroatoms. The van der Waals surface area contributed by atoms with Crippen molar-refractivity contribution in [1.82, 2.24) is 5.32 Å². The van der Waals surface area contributed by atoms with Crippen LogP contribution in [-0.2, 0) is 4.79 Å². The predicted octanol–water partition coefficient (Wildman–Crippen LogP) is 2.77. The number of anilines is 1. The summed E-state index contributed by atoms with van der Waals surface area (Å²) in [6.07, 6.45) is 7.41. The largest absolute Gasteiger partial charge is 0.374 e. The molecule has 1 aromatic rings. The maximum Gasteiger partial charge on any atom is 0.242 e. The van der Waals surface area contributed by atoms with Gasteiger partial charge >= 0.3 is 0 Å². The van der Waals surface area contributed by atoms with Crippen LogP contribution in [0, 0.1) is 12.3 Å². The van der Waals surface area contributed by atoms with E-state index in [1.54, 1.807) is 0 Å². The third-order valence-electron chi connectivity index (χ3n) is 2.92. The van der Waals surface area contributed by atoms with Gasteiger partial charge in [0.05, 0.1) is 0 Å².